The lowest BCUT2D eigenvalue weighted by molar-refractivity contribution is 0.609. The van der Waals surface area contributed by atoms with E-state index in [0.717, 1.165) is 22.7 Å². The van der Waals surface area contributed by atoms with Gasteiger partial charge in [0.25, 0.3) is 0 Å². The van der Waals surface area contributed by atoms with Crippen molar-refractivity contribution >= 4 is 50.2 Å². The van der Waals surface area contributed by atoms with Gasteiger partial charge < -0.3 is 14.4 Å². The number of rotatable bonds is 6. The van der Waals surface area contributed by atoms with Crippen LogP contribution >= 0.6 is 0 Å². The molecule has 0 saturated carbocycles. The van der Waals surface area contributed by atoms with Crippen LogP contribution in [-0.4, -0.2) is 4.57 Å². The Balaban J connectivity index is 1.05. The summed E-state index contributed by atoms with van der Waals surface area (Å²) in [5.74, 6) is 0. The minimum atomic E-state index is -0.155. The Bertz CT molecular complexity index is 3040. The van der Waals surface area contributed by atoms with Crippen molar-refractivity contribution in [3.8, 4) is 27.9 Å². The molecule has 3 heterocycles. The largest absolute Gasteiger partial charge is 0.317 e. The molecule has 0 atom stereocenters. The summed E-state index contributed by atoms with van der Waals surface area (Å²) >= 11 is 0. The number of para-hydroxylation sites is 3. The van der Waals surface area contributed by atoms with Crippen molar-refractivity contribution in [2.45, 2.75) is 38.5 Å². The van der Waals surface area contributed by atoms with Gasteiger partial charge in [-0.15, -0.1) is 0 Å². The Morgan fingerprint density at radius 1 is 0.458 bits per heavy atom. The first kappa shape index (κ1) is 35.1. The molecule has 0 N–H and O–H groups in total. The molecule has 59 heavy (non-hydrogen) atoms. The fourth-order valence-corrected chi connectivity index (χ4v) is 9.86. The van der Waals surface area contributed by atoms with Gasteiger partial charge in [0, 0.05) is 56.2 Å². The molecule has 0 spiro atoms. The third kappa shape index (κ3) is 5.49. The third-order valence-electron chi connectivity index (χ3n) is 12.8. The van der Waals surface area contributed by atoms with Gasteiger partial charge in [-0.25, -0.2) is 0 Å². The van der Waals surface area contributed by atoms with Crippen LogP contribution in [0.15, 0.2) is 200 Å². The lowest BCUT2D eigenvalue weighted by atomic mass is 9.68. The molecule has 0 fully saturated rings. The van der Waals surface area contributed by atoms with Crippen molar-refractivity contribution in [3.05, 3.63) is 217 Å². The monoisotopic (exact) mass is 759 g/mol. The van der Waals surface area contributed by atoms with Crippen LogP contribution in [0.3, 0.4) is 0 Å². The van der Waals surface area contributed by atoms with Crippen molar-refractivity contribution in [2.75, 3.05) is 9.80 Å². The Morgan fingerprint density at radius 2 is 1.05 bits per heavy atom. The first-order valence-corrected chi connectivity index (χ1v) is 20.7. The van der Waals surface area contributed by atoms with E-state index in [9.17, 15) is 0 Å². The smallest absolute Gasteiger partial charge is 0.0543 e. The number of hydrogen-bond donors (Lipinski definition) is 0. The highest BCUT2D eigenvalue weighted by Crippen LogP contribution is 2.56. The second kappa shape index (κ2) is 13.2. The van der Waals surface area contributed by atoms with Crippen LogP contribution in [0.25, 0.3) is 49.7 Å². The summed E-state index contributed by atoms with van der Waals surface area (Å²) in [6.07, 6.45) is 4.66. The van der Waals surface area contributed by atoms with Crippen LogP contribution in [0.2, 0.25) is 0 Å². The fourth-order valence-electron chi connectivity index (χ4n) is 9.86. The summed E-state index contributed by atoms with van der Waals surface area (Å²) in [7, 11) is 0. The van der Waals surface area contributed by atoms with E-state index in [1.165, 1.54) is 72.1 Å². The molecule has 11 rings (SSSR count). The predicted octanol–water partition coefficient (Wildman–Crippen LogP) is 15.2. The van der Waals surface area contributed by atoms with Gasteiger partial charge in [-0.3, -0.25) is 0 Å². The molecule has 2 aliphatic heterocycles. The molecule has 0 amide bonds. The van der Waals surface area contributed by atoms with Crippen LogP contribution in [0.4, 0.5) is 28.4 Å². The van der Waals surface area contributed by atoms with Gasteiger partial charge in [0.2, 0.25) is 0 Å². The zero-order valence-electron chi connectivity index (χ0n) is 33.9. The van der Waals surface area contributed by atoms with Crippen molar-refractivity contribution in [1.29, 1.82) is 0 Å². The summed E-state index contributed by atoms with van der Waals surface area (Å²) in [6, 6.07) is 68.9. The molecular formula is C56H45N3. The zero-order chi connectivity index (χ0) is 39.9. The molecule has 9 aromatic rings. The third-order valence-corrected chi connectivity index (χ3v) is 12.8. The Labute approximate surface area is 346 Å². The first-order valence-electron chi connectivity index (χ1n) is 20.7. The van der Waals surface area contributed by atoms with Gasteiger partial charge in [0.15, 0.2) is 0 Å². The van der Waals surface area contributed by atoms with E-state index in [-0.39, 0.29) is 10.8 Å². The molecule has 0 saturated heterocycles. The lowest BCUT2D eigenvalue weighted by Gasteiger charge is -2.46. The maximum atomic E-state index is 2.43. The summed E-state index contributed by atoms with van der Waals surface area (Å²) in [4.78, 5) is 4.82. The fraction of sp³-hybridized carbons (Fsp3) is 0.107. The van der Waals surface area contributed by atoms with Crippen LogP contribution < -0.4 is 9.80 Å². The highest BCUT2D eigenvalue weighted by molar-refractivity contribution is 6.09. The van der Waals surface area contributed by atoms with Gasteiger partial charge in [-0.05, 0) is 99.6 Å². The van der Waals surface area contributed by atoms with Crippen LogP contribution in [0.1, 0.15) is 44.4 Å². The number of hydrogen-bond acceptors (Lipinski definition) is 2. The summed E-state index contributed by atoms with van der Waals surface area (Å²) in [5.41, 5.74) is 18.1. The second-order valence-electron chi connectivity index (χ2n) is 17.1. The van der Waals surface area contributed by atoms with Crippen LogP contribution in [0, 0.1) is 0 Å². The van der Waals surface area contributed by atoms with Gasteiger partial charge in [0.1, 0.15) is 0 Å². The quantitative estimate of drug-likeness (QED) is 0.167. The van der Waals surface area contributed by atoms with E-state index in [2.05, 4.69) is 242 Å². The number of aromatic nitrogens is 1. The normalized spacial score (nSPS) is 14.6. The predicted molar refractivity (Wildman–Crippen MR) is 249 cm³/mol. The minimum Gasteiger partial charge on any atom is -0.317 e. The molecule has 2 aliphatic rings. The number of benzene rings is 8. The summed E-state index contributed by atoms with van der Waals surface area (Å²) in [6.45, 7) is 9.45. The maximum Gasteiger partial charge on any atom is 0.0543 e. The van der Waals surface area contributed by atoms with Gasteiger partial charge in [0.05, 0.1) is 16.7 Å². The molecule has 3 heteroatoms. The maximum absolute atomic E-state index is 2.43. The van der Waals surface area contributed by atoms with E-state index in [4.69, 9.17) is 0 Å². The molecule has 1 aromatic heterocycles. The Kier molecular flexibility index (Phi) is 7.87. The first-order chi connectivity index (χ1) is 28.8. The van der Waals surface area contributed by atoms with E-state index in [1.54, 1.807) is 0 Å². The van der Waals surface area contributed by atoms with Gasteiger partial charge in [-0.2, -0.15) is 0 Å². The molecule has 0 bridgehead atoms. The van der Waals surface area contributed by atoms with Crippen molar-refractivity contribution in [3.63, 3.8) is 0 Å². The van der Waals surface area contributed by atoms with E-state index in [1.807, 2.05) is 0 Å². The van der Waals surface area contributed by atoms with Gasteiger partial charge >= 0.3 is 0 Å². The molecule has 3 nitrogen and oxygen atoms in total. The summed E-state index contributed by atoms with van der Waals surface area (Å²) < 4.78 is 2.40. The van der Waals surface area contributed by atoms with E-state index >= 15 is 0 Å². The SMILES string of the molecule is CC1(C)C=CN2c3ccccc3C(C)(C)c3ccc(-c4ccc(N(c5ccc(-c6ccccc6)cc5)c5cccc(-n6c7ccccc7c7ccccc76)c5)cc4)c1c32. The standard InChI is InChI=1S/C56H45N3/c1-55(2)35-36-57-52-24-13-10-21-48(52)56(3,4)49-34-33-45(53(55)54(49)57)40-27-31-42(32-28-40)58(41-29-25-39(26-30-41)38-15-6-5-7-16-38)43-17-14-18-44(37-43)59-50-22-11-8-19-46(50)47-20-9-12-23-51(47)59/h5-37H,1-4H3. The van der Waals surface area contributed by atoms with Crippen LogP contribution in [-0.2, 0) is 10.8 Å². The molecule has 0 unspecified atom stereocenters. The van der Waals surface area contributed by atoms with Gasteiger partial charge in [-0.1, -0.05) is 161 Å². The zero-order valence-corrected chi connectivity index (χ0v) is 33.9. The highest BCUT2D eigenvalue weighted by Gasteiger charge is 2.42. The van der Waals surface area contributed by atoms with Crippen molar-refractivity contribution in [1.82, 2.24) is 4.57 Å². The van der Waals surface area contributed by atoms with Crippen molar-refractivity contribution in [2.24, 2.45) is 0 Å². The average Bonchev–Trinajstić information content (AvgIpc) is 3.61. The molecule has 284 valence electrons. The summed E-state index contributed by atoms with van der Waals surface area (Å²) in [5, 5.41) is 2.52. The second-order valence-corrected chi connectivity index (χ2v) is 17.1. The number of fused-ring (bicyclic) bond motifs is 5. The topological polar surface area (TPSA) is 11.4 Å². The molecule has 0 aliphatic carbocycles. The lowest BCUT2D eigenvalue weighted by Crippen LogP contribution is -2.35. The Hall–Kier alpha value is -7.10. The minimum absolute atomic E-state index is 0.120. The highest BCUT2D eigenvalue weighted by atomic mass is 15.2. The molecule has 0 radical (unpaired) electrons. The van der Waals surface area contributed by atoms with E-state index < -0.39 is 0 Å². The van der Waals surface area contributed by atoms with Crippen LogP contribution in [0.5, 0.6) is 0 Å². The van der Waals surface area contributed by atoms with Crippen molar-refractivity contribution < 1.29 is 0 Å². The Morgan fingerprint density at radius 3 is 1.75 bits per heavy atom. The van der Waals surface area contributed by atoms with E-state index in [0.29, 0.717) is 0 Å². The molecule has 8 aromatic carbocycles. The number of nitrogens with zero attached hydrogens (tertiary/aromatic N) is 3. The number of anilines is 5. The average molecular weight is 760 g/mol. The number of allylic oxidation sites excluding steroid dienone is 1. The molecular weight excluding hydrogens is 715 g/mol.